The van der Waals surface area contributed by atoms with E-state index in [1.165, 1.54) is 12.3 Å². The lowest BCUT2D eigenvalue weighted by molar-refractivity contribution is -0.123. The molecule has 0 unspecified atom stereocenters. The number of oxazole rings is 1. The van der Waals surface area contributed by atoms with Crippen LogP contribution in [0.3, 0.4) is 0 Å². The number of aryl methyl sites for hydroxylation is 1. The van der Waals surface area contributed by atoms with Gasteiger partial charge >= 0.3 is 0 Å². The Bertz CT molecular complexity index is 1550. The van der Waals surface area contributed by atoms with Gasteiger partial charge in [-0.1, -0.05) is 43.3 Å². The number of rotatable bonds is 6. The number of anilines is 2. The molecule has 9 nitrogen and oxygen atoms in total. The topological polar surface area (TPSA) is 119 Å². The van der Waals surface area contributed by atoms with Crippen molar-refractivity contribution in [2.24, 2.45) is 5.41 Å². The van der Waals surface area contributed by atoms with Crippen LogP contribution in [-0.2, 0) is 14.8 Å². The fraction of sp³-hybridized carbons (Fsp3) is 0.269. The number of carbonyl (C=O) groups excluding carboxylic acids is 1. The third-order valence-corrected chi connectivity index (χ3v) is 8.00. The zero-order valence-electron chi connectivity index (χ0n) is 20.4. The number of benzene rings is 2. The van der Waals surface area contributed by atoms with Crippen molar-refractivity contribution in [3.8, 4) is 22.6 Å². The highest BCUT2D eigenvalue weighted by molar-refractivity contribution is 7.92. The molecule has 1 fully saturated rings. The predicted octanol–water partition coefficient (Wildman–Crippen LogP) is 5.18. The Morgan fingerprint density at radius 2 is 1.86 bits per heavy atom. The van der Waals surface area contributed by atoms with Crippen LogP contribution in [0.25, 0.3) is 22.6 Å². The van der Waals surface area contributed by atoms with Gasteiger partial charge in [-0.05, 0) is 38.5 Å². The van der Waals surface area contributed by atoms with E-state index in [1.807, 2.05) is 19.9 Å². The molecule has 0 aliphatic carbocycles. The van der Waals surface area contributed by atoms with Crippen LogP contribution in [0.15, 0.2) is 68.8 Å². The number of hydrogen-bond acceptors (Lipinski definition) is 7. The summed E-state index contributed by atoms with van der Waals surface area (Å²) in [5.41, 5.74) is 2.42. The van der Waals surface area contributed by atoms with E-state index in [0.29, 0.717) is 52.6 Å². The predicted molar refractivity (Wildman–Crippen MR) is 135 cm³/mol. The summed E-state index contributed by atoms with van der Waals surface area (Å²) in [6.07, 6.45) is 3.71. The lowest BCUT2D eigenvalue weighted by Gasteiger charge is -2.24. The molecule has 4 aromatic rings. The molecule has 1 aliphatic heterocycles. The number of amides is 1. The zero-order chi connectivity index (χ0) is 25.7. The molecule has 1 amide bonds. The van der Waals surface area contributed by atoms with Crippen molar-refractivity contribution in [2.75, 3.05) is 16.2 Å². The summed E-state index contributed by atoms with van der Waals surface area (Å²) in [5, 5.41) is 3.84. The van der Waals surface area contributed by atoms with Gasteiger partial charge in [-0.2, -0.15) is 0 Å². The largest absolute Gasteiger partial charge is 0.445 e. The summed E-state index contributed by atoms with van der Waals surface area (Å²) in [5.74, 6) is 1.05. The van der Waals surface area contributed by atoms with Crippen LogP contribution < -0.4 is 9.62 Å². The van der Waals surface area contributed by atoms with Crippen LogP contribution in [-0.4, -0.2) is 31.0 Å². The quantitative estimate of drug-likeness (QED) is 0.383. The van der Waals surface area contributed by atoms with Gasteiger partial charge in [-0.3, -0.25) is 9.52 Å². The second-order valence-corrected chi connectivity index (χ2v) is 11.1. The van der Waals surface area contributed by atoms with Gasteiger partial charge in [0.25, 0.3) is 10.0 Å². The average Bonchev–Trinajstić information content (AvgIpc) is 3.56. The molecular formula is C26H26N4O5S. The Morgan fingerprint density at radius 3 is 2.50 bits per heavy atom. The van der Waals surface area contributed by atoms with E-state index >= 15 is 0 Å². The van der Waals surface area contributed by atoms with Gasteiger partial charge in [-0.15, -0.1) is 0 Å². The van der Waals surface area contributed by atoms with E-state index in [1.54, 1.807) is 55.3 Å². The molecule has 0 atom stereocenters. The highest BCUT2D eigenvalue weighted by Crippen LogP contribution is 2.42. The van der Waals surface area contributed by atoms with Crippen LogP contribution in [0.2, 0.25) is 0 Å². The van der Waals surface area contributed by atoms with E-state index in [-0.39, 0.29) is 16.6 Å². The van der Waals surface area contributed by atoms with Crippen LogP contribution in [0.5, 0.6) is 0 Å². The summed E-state index contributed by atoms with van der Waals surface area (Å²) in [4.78, 5) is 19.3. The van der Waals surface area contributed by atoms with Gasteiger partial charge in [0.1, 0.15) is 12.0 Å². The average molecular weight is 507 g/mol. The lowest BCUT2D eigenvalue weighted by atomic mass is 9.92. The molecule has 1 aliphatic rings. The first-order valence-corrected chi connectivity index (χ1v) is 13.0. The number of nitrogens with zero attached hydrogens (tertiary/aromatic N) is 3. The number of sulfonamides is 1. The van der Waals surface area contributed by atoms with E-state index in [0.717, 1.165) is 0 Å². The molecule has 10 heteroatoms. The molecule has 5 rings (SSSR count). The summed E-state index contributed by atoms with van der Waals surface area (Å²) in [6.45, 7) is 7.79. The van der Waals surface area contributed by atoms with Gasteiger partial charge in [-0.25, -0.2) is 13.4 Å². The molecule has 0 spiro atoms. The maximum Gasteiger partial charge on any atom is 0.263 e. The van der Waals surface area contributed by atoms with Gasteiger partial charge < -0.3 is 13.8 Å². The molecule has 0 bridgehead atoms. The van der Waals surface area contributed by atoms with Gasteiger partial charge in [0.05, 0.1) is 16.8 Å². The number of hydrogen-bond donors (Lipinski definition) is 1. The molecule has 36 heavy (non-hydrogen) atoms. The third kappa shape index (κ3) is 4.07. The minimum Gasteiger partial charge on any atom is -0.445 e. The molecular weight excluding hydrogens is 480 g/mol. The van der Waals surface area contributed by atoms with E-state index in [9.17, 15) is 13.2 Å². The first-order valence-electron chi connectivity index (χ1n) is 11.5. The number of nitrogens with one attached hydrogen (secondary N) is 1. The first kappa shape index (κ1) is 23.8. The minimum atomic E-state index is -4.04. The first-order chi connectivity index (χ1) is 17.1. The van der Waals surface area contributed by atoms with Crippen molar-refractivity contribution in [3.63, 3.8) is 0 Å². The van der Waals surface area contributed by atoms with Crippen molar-refractivity contribution in [1.29, 1.82) is 0 Å². The number of carbonyl (C=O) groups is 1. The highest BCUT2D eigenvalue weighted by atomic mass is 32.2. The van der Waals surface area contributed by atoms with Crippen molar-refractivity contribution >= 4 is 27.4 Å². The SMILES string of the molecule is Cc1onc(NS(=O)(=O)c2ccccc2-c2ccc(-c3ncco3)cc2N2CCC(C)(C)C2=O)c1C. The summed E-state index contributed by atoms with van der Waals surface area (Å²) in [7, 11) is -4.04. The Kier molecular flexibility index (Phi) is 5.71. The van der Waals surface area contributed by atoms with Crippen molar-refractivity contribution in [1.82, 2.24) is 10.1 Å². The fourth-order valence-corrected chi connectivity index (χ4v) is 5.58. The van der Waals surface area contributed by atoms with Gasteiger partial charge in [0.15, 0.2) is 5.82 Å². The van der Waals surface area contributed by atoms with Gasteiger partial charge in [0.2, 0.25) is 11.8 Å². The monoisotopic (exact) mass is 506 g/mol. The van der Waals surface area contributed by atoms with E-state index < -0.39 is 15.4 Å². The molecule has 1 N–H and O–H groups in total. The Morgan fingerprint density at radius 1 is 1.08 bits per heavy atom. The highest BCUT2D eigenvalue weighted by Gasteiger charge is 2.40. The molecule has 0 radical (unpaired) electrons. The maximum atomic E-state index is 13.5. The maximum absolute atomic E-state index is 13.5. The second-order valence-electron chi connectivity index (χ2n) is 9.47. The Hall–Kier alpha value is -3.92. The smallest absolute Gasteiger partial charge is 0.263 e. The molecule has 0 saturated carbocycles. The molecule has 2 aromatic carbocycles. The Balaban J connectivity index is 1.66. The lowest BCUT2D eigenvalue weighted by Crippen LogP contribution is -2.31. The van der Waals surface area contributed by atoms with Crippen LogP contribution in [0, 0.1) is 19.3 Å². The second kappa shape index (κ2) is 8.63. The van der Waals surface area contributed by atoms with E-state index in [4.69, 9.17) is 8.94 Å². The fourth-order valence-electron chi connectivity index (χ4n) is 4.30. The van der Waals surface area contributed by atoms with Crippen LogP contribution in [0.1, 0.15) is 31.6 Å². The summed E-state index contributed by atoms with van der Waals surface area (Å²) < 4.78 is 40.2. The zero-order valence-corrected chi connectivity index (χ0v) is 21.2. The normalized spacial score (nSPS) is 15.4. The summed E-state index contributed by atoms with van der Waals surface area (Å²) in [6, 6.07) is 12.1. The van der Waals surface area contributed by atoms with Gasteiger partial charge in [0, 0.05) is 34.2 Å². The molecule has 1 saturated heterocycles. The molecule has 2 aromatic heterocycles. The minimum absolute atomic E-state index is 0.0273. The van der Waals surface area contributed by atoms with Crippen molar-refractivity contribution in [2.45, 2.75) is 39.0 Å². The van der Waals surface area contributed by atoms with Crippen molar-refractivity contribution < 1.29 is 22.2 Å². The molecule has 3 heterocycles. The van der Waals surface area contributed by atoms with Crippen LogP contribution in [0.4, 0.5) is 11.5 Å². The van der Waals surface area contributed by atoms with E-state index in [2.05, 4.69) is 14.9 Å². The van der Waals surface area contributed by atoms with Crippen molar-refractivity contribution in [3.05, 3.63) is 66.2 Å². The Labute approximate surface area is 209 Å². The summed E-state index contributed by atoms with van der Waals surface area (Å²) >= 11 is 0. The standard InChI is InChI=1S/C26H26N4O5S/c1-16-17(2)35-28-23(16)29-36(32,33)22-8-6-5-7-20(22)19-10-9-18(24-27-12-14-34-24)15-21(19)30-13-11-26(3,4)25(30)31/h5-10,12,14-15H,11,13H2,1-4H3,(H,28,29). The van der Waals surface area contributed by atoms with Crippen LogP contribution >= 0.6 is 0 Å². The number of aromatic nitrogens is 2. The molecule has 186 valence electrons. The third-order valence-electron chi connectivity index (χ3n) is 6.61.